The van der Waals surface area contributed by atoms with Crippen molar-refractivity contribution < 1.29 is 43.7 Å². The number of rotatable bonds is 10. The minimum Gasteiger partial charge on any atom is -0.387 e. The zero-order chi connectivity index (χ0) is 18.3. The molecule has 0 aromatic carbocycles. The number of aliphatic hydroxyl groups is 5. The summed E-state index contributed by atoms with van der Waals surface area (Å²) in [6.07, 6.45) is -7.69. The van der Waals surface area contributed by atoms with Crippen LogP contribution in [-0.4, -0.2) is 75.4 Å². The van der Waals surface area contributed by atoms with Gasteiger partial charge in [0.15, 0.2) is 0 Å². The highest BCUT2D eigenvalue weighted by atomic mass is 31.2. The lowest BCUT2D eigenvalue weighted by molar-refractivity contribution is -0.220. The molecule has 1 saturated carbocycles. The molecule has 6 atom stereocenters. The van der Waals surface area contributed by atoms with Gasteiger partial charge in [-0.1, -0.05) is 26.7 Å². The fraction of sp³-hybridized carbons (Fsp3) is 1.00. The zero-order valence-corrected chi connectivity index (χ0v) is 14.9. The van der Waals surface area contributed by atoms with E-state index in [0.717, 1.165) is 12.8 Å². The SMILES string of the molecule is CCCCOP(=O)(OCCCC)OC1[C@@H](O)C(O)C(O)[C@@H](O)[C@H]1O. The van der Waals surface area contributed by atoms with E-state index in [1.54, 1.807) is 0 Å². The monoisotopic (exact) mass is 372 g/mol. The molecule has 0 aromatic rings. The van der Waals surface area contributed by atoms with Crippen molar-refractivity contribution in [3.63, 3.8) is 0 Å². The normalized spacial score (nSPS) is 34.5. The van der Waals surface area contributed by atoms with Crippen molar-refractivity contribution in [3.05, 3.63) is 0 Å². The molecule has 1 fully saturated rings. The first-order chi connectivity index (χ1) is 11.3. The van der Waals surface area contributed by atoms with Gasteiger partial charge in [0.25, 0.3) is 0 Å². The molecule has 9 nitrogen and oxygen atoms in total. The van der Waals surface area contributed by atoms with Crippen molar-refractivity contribution in [1.29, 1.82) is 0 Å². The maximum atomic E-state index is 12.7. The van der Waals surface area contributed by atoms with Gasteiger partial charge in [-0.3, -0.25) is 13.6 Å². The zero-order valence-electron chi connectivity index (χ0n) is 14.0. The van der Waals surface area contributed by atoms with Gasteiger partial charge in [-0.05, 0) is 12.8 Å². The van der Waals surface area contributed by atoms with Crippen molar-refractivity contribution in [3.8, 4) is 0 Å². The van der Waals surface area contributed by atoms with Gasteiger partial charge in [-0.25, -0.2) is 4.57 Å². The van der Waals surface area contributed by atoms with Crippen LogP contribution < -0.4 is 0 Å². The first kappa shape index (κ1) is 22.0. The Balaban J connectivity index is 2.84. The molecule has 0 aromatic heterocycles. The van der Waals surface area contributed by atoms with Gasteiger partial charge in [0.1, 0.15) is 36.6 Å². The third-order valence-electron chi connectivity index (χ3n) is 3.82. The molecular formula is C14H29O9P. The van der Waals surface area contributed by atoms with Crippen molar-refractivity contribution in [2.75, 3.05) is 13.2 Å². The minimum atomic E-state index is -4.12. The second kappa shape index (κ2) is 10.2. The second-order valence-corrected chi connectivity index (χ2v) is 7.47. The van der Waals surface area contributed by atoms with Crippen LogP contribution in [0.15, 0.2) is 0 Å². The van der Waals surface area contributed by atoms with Crippen LogP contribution >= 0.6 is 7.82 Å². The Morgan fingerprint density at radius 1 is 0.750 bits per heavy atom. The number of phosphoric ester groups is 1. The Hall–Kier alpha value is -0.0900. The molecule has 144 valence electrons. The fourth-order valence-electron chi connectivity index (χ4n) is 2.21. The van der Waals surface area contributed by atoms with Gasteiger partial charge in [0.2, 0.25) is 0 Å². The predicted octanol–water partition coefficient (Wildman–Crippen LogP) is -0.0688. The predicted molar refractivity (Wildman–Crippen MR) is 84.2 cm³/mol. The largest absolute Gasteiger partial charge is 0.475 e. The maximum Gasteiger partial charge on any atom is 0.475 e. The molecule has 1 rings (SSSR count). The molecule has 1 aliphatic carbocycles. The van der Waals surface area contributed by atoms with Gasteiger partial charge in [0, 0.05) is 0 Å². The number of hydrogen-bond donors (Lipinski definition) is 5. The standard InChI is InChI=1S/C14H29O9P/c1-3-5-7-21-24(20,22-8-6-4-2)23-14-12(18)10(16)9(15)11(17)13(14)19/h9-19H,3-8H2,1-2H3/t9?,10-,11?,12-,13+,14?/m1/s1. The molecule has 0 saturated heterocycles. The molecule has 0 bridgehead atoms. The van der Waals surface area contributed by atoms with Gasteiger partial charge >= 0.3 is 7.82 Å². The van der Waals surface area contributed by atoms with E-state index in [-0.39, 0.29) is 13.2 Å². The van der Waals surface area contributed by atoms with Gasteiger partial charge in [-0.15, -0.1) is 0 Å². The molecule has 24 heavy (non-hydrogen) atoms. The number of aliphatic hydroxyl groups excluding tert-OH is 5. The van der Waals surface area contributed by atoms with Crippen molar-refractivity contribution in [1.82, 2.24) is 0 Å². The molecule has 0 aliphatic heterocycles. The quantitative estimate of drug-likeness (QED) is 0.263. The van der Waals surface area contributed by atoms with Crippen molar-refractivity contribution >= 4 is 7.82 Å². The minimum absolute atomic E-state index is 0.0898. The average Bonchev–Trinajstić information content (AvgIpc) is 2.56. The third kappa shape index (κ3) is 5.72. The highest BCUT2D eigenvalue weighted by Gasteiger charge is 2.51. The van der Waals surface area contributed by atoms with E-state index in [9.17, 15) is 30.1 Å². The molecule has 1 aliphatic rings. The molecule has 0 heterocycles. The van der Waals surface area contributed by atoms with Crippen LogP contribution in [0.5, 0.6) is 0 Å². The van der Waals surface area contributed by atoms with Crippen molar-refractivity contribution in [2.45, 2.75) is 76.2 Å². The van der Waals surface area contributed by atoms with E-state index >= 15 is 0 Å². The first-order valence-corrected chi connectivity index (χ1v) is 9.71. The molecule has 0 amide bonds. The van der Waals surface area contributed by atoms with Gasteiger partial charge < -0.3 is 25.5 Å². The number of hydrogen-bond acceptors (Lipinski definition) is 9. The molecule has 0 spiro atoms. The van der Waals surface area contributed by atoms with E-state index in [2.05, 4.69) is 0 Å². The fourth-order valence-corrected chi connectivity index (χ4v) is 3.66. The Bertz CT molecular complexity index is 378. The third-order valence-corrected chi connectivity index (χ3v) is 5.32. The molecule has 5 N–H and O–H groups in total. The second-order valence-electron chi connectivity index (χ2n) is 5.84. The number of phosphoric acid groups is 1. The molecule has 10 heteroatoms. The Labute approximate surface area is 141 Å². The van der Waals surface area contributed by atoms with E-state index in [0.29, 0.717) is 12.8 Å². The van der Waals surface area contributed by atoms with Crippen LogP contribution in [0.3, 0.4) is 0 Å². The summed E-state index contributed by atoms with van der Waals surface area (Å²) in [6, 6.07) is 0. The summed E-state index contributed by atoms with van der Waals surface area (Å²) in [4.78, 5) is 0. The summed E-state index contributed by atoms with van der Waals surface area (Å²) in [5, 5.41) is 48.9. The topological polar surface area (TPSA) is 146 Å². The Morgan fingerprint density at radius 2 is 1.12 bits per heavy atom. The Kier molecular flexibility index (Phi) is 9.29. The summed E-state index contributed by atoms with van der Waals surface area (Å²) < 4.78 is 28.2. The van der Waals surface area contributed by atoms with Crippen molar-refractivity contribution in [2.24, 2.45) is 0 Å². The van der Waals surface area contributed by atoms with E-state index in [4.69, 9.17) is 13.6 Å². The summed E-state index contributed by atoms with van der Waals surface area (Å²) in [7, 11) is -4.12. The lowest BCUT2D eigenvalue weighted by Gasteiger charge is -2.41. The summed E-state index contributed by atoms with van der Waals surface area (Å²) in [5.74, 6) is 0. The van der Waals surface area contributed by atoms with Crippen LogP contribution in [-0.2, 0) is 18.1 Å². The van der Waals surface area contributed by atoms with Crippen LogP contribution in [0.1, 0.15) is 39.5 Å². The van der Waals surface area contributed by atoms with Gasteiger partial charge in [-0.2, -0.15) is 0 Å². The molecule has 0 radical (unpaired) electrons. The molecule has 3 unspecified atom stereocenters. The van der Waals surface area contributed by atoms with E-state index < -0.39 is 44.4 Å². The first-order valence-electron chi connectivity index (χ1n) is 8.25. The summed E-state index contributed by atoms with van der Waals surface area (Å²) in [6.45, 7) is 4.00. The van der Waals surface area contributed by atoms with Crippen LogP contribution in [0.25, 0.3) is 0 Å². The average molecular weight is 372 g/mol. The maximum absolute atomic E-state index is 12.7. The highest BCUT2D eigenvalue weighted by molar-refractivity contribution is 7.48. The van der Waals surface area contributed by atoms with Crippen LogP contribution in [0.4, 0.5) is 0 Å². The lowest BCUT2D eigenvalue weighted by Crippen LogP contribution is -2.64. The lowest BCUT2D eigenvalue weighted by atomic mass is 9.85. The Morgan fingerprint density at radius 3 is 1.50 bits per heavy atom. The van der Waals surface area contributed by atoms with E-state index in [1.807, 2.05) is 13.8 Å². The smallest absolute Gasteiger partial charge is 0.387 e. The van der Waals surface area contributed by atoms with Crippen LogP contribution in [0.2, 0.25) is 0 Å². The van der Waals surface area contributed by atoms with Gasteiger partial charge in [0.05, 0.1) is 13.2 Å². The molecular weight excluding hydrogens is 343 g/mol. The summed E-state index contributed by atoms with van der Waals surface area (Å²) in [5.41, 5.74) is 0. The summed E-state index contributed by atoms with van der Waals surface area (Å²) >= 11 is 0. The number of unbranched alkanes of at least 4 members (excludes halogenated alkanes) is 2. The van der Waals surface area contributed by atoms with Crippen LogP contribution in [0, 0.1) is 0 Å². The highest BCUT2D eigenvalue weighted by Crippen LogP contribution is 2.52. The van der Waals surface area contributed by atoms with E-state index in [1.165, 1.54) is 0 Å².